The molecular formula is C35H41Cl2N3O6. The Bertz CT molecular complexity index is 1630. The van der Waals surface area contributed by atoms with Crippen molar-refractivity contribution in [2.24, 2.45) is 5.92 Å². The van der Waals surface area contributed by atoms with Crippen molar-refractivity contribution in [3.8, 4) is 5.75 Å². The quantitative estimate of drug-likeness (QED) is 0.0994. The van der Waals surface area contributed by atoms with E-state index in [1.54, 1.807) is 30.3 Å². The molecule has 3 aromatic rings. The number of pyridine rings is 1. The van der Waals surface area contributed by atoms with Gasteiger partial charge in [-0.3, -0.25) is 19.1 Å². The summed E-state index contributed by atoms with van der Waals surface area (Å²) in [5.41, 5.74) is 1.93. The van der Waals surface area contributed by atoms with E-state index in [4.69, 9.17) is 32.7 Å². The zero-order valence-corrected chi connectivity index (χ0v) is 27.6. The Labute approximate surface area is 279 Å². The number of hydrogen-bond acceptors (Lipinski definition) is 7. The standard InChI is InChI=1S/C35H41Cl2N3O6/c1-2-3-4-8-25-21-26(25)22-32(42)46-34(35(43)44)40-30-23-27(13-11-24(30)12-14-31(40)41)45-20-6-5-15-38-16-18-39(19-17-38)29-10-7-9-28(36)33(29)37/h7,9-14,21,23,26,34H,2-6,8,15-20,22H2,1H3,(H,43,44). The van der Waals surface area contributed by atoms with Crippen molar-refractivity contribution >= 4 is 51.7 Å². The summed E-state index contributed by atoms with van der Waals surface area (Å²) in [5.74, 6) is -1.54. The lowest BCUT2D eigenvalue weighted by molar-refractivity contribution is -0.170. The highest BCUT2D eigenvalue weighted by molar-refractivity contribution is 6.43. The zero-order valence-electron chi connectivity index (χ0n) is 26.1. The molecule has 9 nitrogen and oxygen atoms in total. The monoisotopic (exact) mass is 669 g/mol. The maximum atomic E-state index is 12.9. The largest absolute Gasteiger partial charge is 0.494 e. The first-order chi connectivity index (χ1) is 22.2. The molecule has 0 bridgehead atoms. The Balaban J connectivity index is 1.12. The van der Waals surface area contributed by atoms with E-state index in [-0.39, 0.29) is 12.3 Å². The van der Waals surface area contributed by atoms with E-state index in [1.807, 2.05) is 18.2 Å². The predicted octanol–water partition coefficient (Wildman–Crippen LogP) is 6.94. The number of carbonyl (C=O) groups is 2. The molecule has 246 valence electrons. The zero-order chi connectivity index (χ0) is 32.6. The number of unbranched alkanes of at least 4 members (excludes halogenated alkanes) is 3. The van der Waals surface area contributed by atoms with Crippen LogP contribution in [0.15, 0.2) is 65.0 Å². The van der Waals surface area contributed by atoms with E-state index in [0.29, 0.717) is 33.3 Å². The van der Waals surface area contributed by atoms with Crippen LogP contribution < -0.4 is 15.2 Å². The van der Waals surface area contributed by atoms with Crippen LogP contribution in [0.5, 0.6) is 5.75 Å². The summed E-state index contributed by atoms with van der Waals surface area (Å²) in [6, 6.07) is 13.8. The van der Waals surface area contributed by atoms with Gasteiger partial charge in [-0.05, 0) is 67.9 Å². The fourth-order valence-corrected chi connectivity index (χ4v) is 6.37. The van der Waals surface area contributed by atoms with Crippen molar-refractivity contribution < 1.29 is 24.2 Å². The van der Waals surface area contributed by atoms with Crippen LogP contribution in [-0.4, -0.2) is 65.8 Å². The van der Waals surface area contributed by atoms with Gasteiger partial charge >= 0.3 is 11.9 Å². The van der Waals surface area contributed by atoms with Crippen LogP contribution in [0.1, 0.15) is 58.1 Å². The van der Waals surface area contributed by atoms with Gasteiger partial charge in [-0.15, -0.1) is 0 Å². The Kier molecular flexibility index (Phi) is 11.7. The molecule has 1 aliphatic carbocycles. The van der Waals surface area contributed by atoms with Gasteiger partial charge in [0, 0.05) is 44.2 Å². The molecule has 46 heavy (non-hydrogen) atoms. The van der Waals surface area contributed by atoms with Gasteiger partial charge in [-0.2, -0.15) is 0 Å². The Morgan fingerprint density at radius 3 is 2.54 bits per heavy atom. The fraction of sp³-hybridized carbons (Fsp3) is 0.457. The first-order valence-corrected chi connectivity index (χ1v) is 16.8. The minimum atomic E-state index is -1.78. The number of rotatable bonds is 16. The SMILES string of the molecule is CCCCCC1=CC1CC(=O)OC(C(=O)O)n1c(=O)ccc2ccc(OCCCCN3CCN(c4cccc(Cl)c4Cl)CC3)cc21. The molecule has 2 aromatic carbocycles. The lowest BCUT2D eigenvalue weighted by atomic mass is 10.1. The first-order valence-electron chi connectivity index (χ1n) is 16.1. The number of hydrogen-bond donors (Lipinski definition) is 1. The number of halogens is 2. The number of carbonyl (C=O) groups excluding carboxylic acids is 1. The number of fused-ring (bicyclic) bond motifs is 1. The van der Waals surface area contributed by atoms with Crippen molar-refractivity contribution in [3.63, 3.8) is 0 Å². The molecule has 2 atom stereocenters. The smallest absolute Gasteiger partial charge is 0.367 e. The van der Waals surface area contributed by atoms with E-state index < -0.39 is 23.7 Å². The fourth-order valence-electron chi connectivity index (χ4n) is 5.96. The van der Waals surface area contributed by atoms with Gasteiger partial charge in [-0.25, -0.2) is 4.79 Å². The summed E-state index contributed by atoms with van der Waals surface area (Å²) >= 11 is 12.6. The first kappa shape index (κ1) is 33.8. The van der Waals surface area contributed by atoms with E-state index in [9.17, 15) is 19.5 Å². The van der Waals surface area contributed by atoms with Crippen LogP contribution in [-0.2, 0) is 14.3 Å². The molecule has 5 rings (SSSR count). The molecule has 1 aromatic heterocycles. The second-order valence-corrected chi connectivity index (χ2v) is 12.7. The predicted molar refractivity (Wildman–Crippen MR) is 181 cm³/mol. The van der Waals surface area contributed by atoms with E-state index >= 15 is 0 Å². The number of piperazine rings is 1. The molecule has 1 aliphatic heterocycles. The van der Waals surface area contributed by atoms with Gasteiger partial charge in [-0.1, -0.05) is 60.7 Å². The average Bonchev–Trinajstić information content (AvgIpc) is 3.78. The number of anilines is 1. The van der Waals surface area contributed by atoms with Gasteiger partial charge in [0.05, 0.1) is 34.3 Å². The van der Waals surface area contributed by atoms with Gasteiger partial charge in [0.2, 0.25) is 0 Å². The second-order valence-electron chi connectivity index (χ2n) is 11.9. The summed E-state index contributed by atoms with van der Waals surface area (Å²) in [4.78, 5) is 42.6. The van der Waals surface area contributed by atoms with E-state index in [0.717, 1.165) is 81.5 Å². The van der Waals surface area contributed by atoms with Crippen LogP contribution in [0.2, 0.25) is 10.0 Å². The van der Waals surface area contributed by atoms with Gasteiger partial charge in [0.15, 0.2) is 0 Å². The van der Waals surface area contributed by atoms with Crippen molar-refractivity contribution in [2.75, 3.05) is 44.2 Å². The maximum Gasteiger partial charge on any atom is 0.367 e. The molecule has 1 fully saturated rings. The number of carboxylic acid groups (broad SMARTS) is 1. The van der Waals surface area contributed by atoms with Gasteiger partial charge < -0.3 is 19.5 Å². The molecule has 0 radical (unpaired) electrons. The molecule has 1 saturated heterocycles. The number of aromatic nitrogens is 1. The number of aliphatic carboxylic acids is 1. The second kappa shape index (κ2) is 15.8. The van der Waals surface area contributed by atoms with Crippen LogP contribution in [0, 0.1) is 5.92 Å². The third-order valence-electron chi connectivity index (χ3n) is 8.61. The molecule has 11 heteroatoms. The summed E-state index contributed by atoms with van der Waals surface area (Å²) in [7, 11) is 0. The van der Waals surface area contributed by atoms with Crippen molar-refractivity contribution in [1.29, 1.82) is 0 Å². The number of esters is 1. The Morgan fingerprint density at radius 2 is 1.78 bits per heavy atom. The Morgan fingerprint density at radius 1 is 1.00 bits per heavy atom. The lowest BCUT2D eigenvalue weighted by Gasteiger charge is -2.36. The number of benzene rings is 2. The van der Waals surface area contributed by atoms with E-state index in [1.165, 1.54) is 11.6 Å². The average molecular weight is 671 g/mol. The summed E-state index contributed by atoms with van der Waals surface area (Å²) in [5, 5.41) is 11.8. The maximum absolute atomic E-state index is 12.9. The molecule has 0 amide bonds. The molecule has 2 unspecified atom stereocenters. The van der Waals surface area contributed by atoms with Crippen LogP contribution in [0.4, 0.5) is 5.69 Å². The molecule has 2 aliphatic rings. The minimum absolute atomic E-state index is 0.0145. The number of carboxylic acids is 1. The summed E-state index contributed by atoms with van der Waals surface area (Å²) in [6.07, 6.45) is 6.35. The van der Waals surface area contributed by atoms with Crippen LogP contribution in [0.25, 0.3) is 10.9 Å². The van der Waals surface area contributed by atoms with Crippen molar-refractivity contribution in [1.82, 2.24) is 9.47 Å². The highest BCUT2D eigenvalue weighted by Crippen LogP contribution is 2.37. The molecular weight excluding hydrogens is 629 g/mol. The third-order valence-corrected chi connectivity index (χ3v) is 9.42. The van der Waals surface area contributed by atoms with E-state index in [2.05, 4.69) is 16.7 Å². The number of nitrogens with zero attached hydrogens (tertiary/aromatic N) is 3. The minimum Gasteiger partial charge on any atom is -0.494 e. The van der Waals surface area contributed by atoms with Gasteiger partial charge in [0.25, 0.3) is 11.8 Å². The Hall–Kier alpha value is -3.53. The highest BCUT2D eigenvalue weighted by atomic mass is 35.5. The van der Waals surface area contributed by atoms with Crippen LogP contribution in [0.3, 0.4) is 0 Å². The third kappa shape index (κ3) is 8.63. The number of allylic oxidation sites excluding steroid dienone is 2. The topological polar surface area (TPSA) is 101 Å². The molecule has 1 N–H and O–H groups in total. The normalized spacial score (nSPS) is 17.1. The molecule has 0 saturated carbocycles. The lowest BCUT2D eigenvalue weighted by Crippen LogP contribution is -2.46. The van der Waals surface area contributed by atoms with Gasteiger partial charge in [0.1, 0.15) is 5.75 Å². The molecule has 2 heterocycles. The van der Waals surface area contributed by atoms with Crippen LogP contribution >= 0.6 is 23.2 Å². The summed E-state index contributed by atoms with van der Waals surface area (Å²) < 4.78 is 12.4. The summed E-state index contributed by atoms with van der Waals surface area (Å²) in [6.45, 7) is 7.15. The van der Waals surface area contributed by atoms with Crippen molar-refractivity contribution in [2.45, 2.75) is 58.1 Å². The number of ether oxygens (including phenoxy) is 2. The van der Waals surface area contributed by atoms with Crippen molar-refractivity contribution in [3.05, 3.63) is 80.6 Å². The highest BCUT2D eigenvalue weighted by Gasteiger charge is 2.32. The molecule has 0 spiro atoms.